The van der Waals surface area contributed by atoms with Crippen molar-refractivity contribution >= 4 is 5.57 Å². The molecule has 0 saturated heterocycles. The summed E-state index contributed by atoms with van der Waals surface area (Å²) in [7, 11) is 2.06. The van der Waals surface area contributed by atoms with Crippen LogP contribution >= 0.6 is 0 Å². The Morgan fingerprint density at radius 3 is 3.00 bits per heavy atom. The van der Waals surface area contributed by atoms with Crippen molar-refractivity contribution in [2.45, 2.75) is 19.4 Å². The van der Waals surface area contributed by atoms with Gasteiger partial charge in [0.05, 0.1) is 13.6 Å². The summed E-state index contributed by atoms with van der Waals surface area (Å²) in [5.74, 6) is 0. The third-order valence-corrected chi connectivity index (χ3v) is 3.39. The molecule has 2 aromatic rings. The average Bonchev–Trinajstić information content (AvgIpc) is 2.93. The van der Waals surface area contributed by atoms with Gasteiger partial charge in [0.25, 0.3) is 0 Å². The summed E-state index contributed by atoms with van der Waals surface area (Å²) >= 11 is 0. The summed E-state index contributed by atoms with van der Waals surface area (Å²) in [6.45, 7) is 1.06. The fourth-order valence-corrected chi connectivity index (χ4v) is 2.47. The summed E-state index contributed by atoms with van der Waals surface area (Å²) in [5.41, 5.74) is 4.42. The van der Waals surface area contributed by atoms with Gasteiger partial charge in [-0.05, 0) is 23.1 Å². The highest BCUT2D eigenvalue weighted by Gasteiger charge is 2.13. The molecule has 0 bridgehead atoms. The second kappa shape index (κ2) is 4.21. The predicted molar refractivity (Wildman–Crippen MR) is 68.3 cm³/mol. The predicted octanol–water partition coefficient (Wildman–Crippen LogP) is 2.34. The summed E-state index contributed by atoms with van der Waals surface area (Å²) in [5, 5.41) is 0. The first-order valence-electron chi connectivity index (χ1n) is 6.11. The third kappa shape index (κ3) is 2.03. The lowest BCUT2D eigenvalue weighted by Gasteiger charge is -2.03. The Morgan fingerprint density at radius 1 is 1.29 bits per heavy atom. The smallest absolute Gasteiger partial charge is 0.240 e. The first-order valence-corrected chi connectivity index (χ1v) is 6.11. The van der Waals surface area contributed by atoms with Crippen molar-refractivity contribution in [3.63, 3.8) is 0 Å². The molecule has 2 heteroatoms. The molecule has 86 valence electrons. The first kappa shape index (κ1) is 10.3. The number of hydrogen-bond donors (Lipinski definition) is 0. The van der Waals surface area contributed by atoms with Crippen LogP contribution in [0.2, 0.25) is 0 Å². The maximum atomic E-state index is 2.37. The SMILES string of the molecule is C[n+]1ccn(CCC2=CCc3ccccc32)c1. The standard InChI is InChI=1S/C15H17N2/c1-16-10-11-17(12-16)9-8-14-7-6-13-4-2-3-5-15(13)14/h2-5,7,10-12H,6,8-9H2,1H3/q+1. The van der Waals surface area contributed by atoms with Gasteiger partial charge in [0.1, 0.15) is 12.4 Å². The Morgan fingerprint density at radius 2 is 2.18 bits per heavy atom. The van der Waals surface area contributed by atoms with E-state index in [2.05, 4.69) is 65.2 Å². The van der Waals surface area contributed by atoms with Gasteiger partial charge < -0.3 is 0 Å². The van der Waals surface area contributed by atoms with E-state index in [1.54, 1.807) is 0 Å². The molecule has 0 saturated carbocycles. The highest BCUT2D eigenvalue weighted by atomic mass is 15.1. The lowest BCUT2D eigenvalue weighted by atomic mass is 10.0. The first-order chi connectivity index (χ1) is 8.33. The van der Waals surface area contributed by atoms with Gasteiger partial charge in [-0.1, -0.05) is 30.3 Å². The van der Waals surface area contributed by atoms with Gasteiger partial charge in [0.2, 0.25) is 6.33 Å². The molecule has 1 aliphatic carbocycles. The van der Waals surface area contributed by atoms with Crippen LogP contribution in [0.25, 0.3) is 5.57 Å². The Balaban J connectivity index is 1.72. The number of aryl methyl sites for hydroxylation is 2. The van der Waals surface area contributed by atoms with Crippen LogP contribution in [0, 0.1) is 0 Å². The molecule has 0 spiro atoms. The molecule has 1 aromatic heterocycles. The van der Waals surface area contributed by atoms with Crippen LogP contribution in [0.3, 0.4) is 0 Å². The van der Waals surface area contributed by atoms with Crippen molar-refractivity contribution in [2.75, 3.05) is 0 Å². The normalized spacial score (nSPS) is 13.6. The van der Waals surface area contributed by atoms with Gasteiger partial charge in [0, 0.05) is 6.42 Å². The van der Waals surface area contributed by atoms with Gasteiger partial charge >= 0.3 is 0 Å². The Hall–Kier alpha value is -1.83. The molecule has 0 atom stereocenters. The van der Waals surface area contributed by atoms with Crippen molar-refractivity contribution in [3.8, 4) is 0 Å². The maximum Gasteiger partial charge on any atom is 0.243 e. The van der Waals surface area contributed by atoms with E-state index >= 15 is 0 Å². The molecule has 0 unspecified atom stereocenters. The highest BCUT2D eigenvalue weighted by molar-refractivity contribution is 5.72. The molecule has 1 aromatic carbocycles. The molecule has 0 amide bonds. The minimum absolute atomic E-state index is 1.06. The van der Waals surface area contributed by atoms with E-state index in [1.165, 1.54) is 16.7 Å². The minimum Gasteiger partial charge on any atom is -0.240 e. The fourth-order valence-electron chi connectivity index (χ4n) is 2.47. The van der Waals surface area contributed by atoms with E-state index < -0.39 is 0 Å². The van der Waals surface area contributed by atoms with Gasteiger partial charge in [0.15, 0.2) is 0 Å². The monoisotopic (exact) mass is 225 g/mol. The molecular formula is C15H17N2+. The number of allylic oxidation sites excluding steroid dienone is 2. The van der Waals surface area contributed by atoms with Crippen LogP contribution in [0.15, 0.2) is 49.1 Å². The summed E-state index contributed by atoms with van der Waals surface area (Å²) in [6, 6.07) is 8.73. The van der Waals surface area contributed by atoms with E-state index in [0.29, 0.717) is 0 Å². The van der Waals surface area contributed by atoms with E-state index in [0.717, 1.165) is 19.4 Å². The largest absolute Gasteiger partial charge is 0.243 e. The average molecular weight is 225 g/mol. The van der Waals surface area contributed by atoms with Crippen molar-refractivity contribution < 1.29 is 4.57 Å². The van der Waals surface area contributed by atoms with Gasteiger partial charge in [-0.2, -0.15) is 0 Å². The lowest BCUT2D eigenvalue weighted by molar-refractivity contribution is -0.671. The summed E-state index contributed by atoms with van der Waals surface area (Å²) in [4.78, 5) is 0. The maximum absolute atomic E-state index is 2.37. The van der Waals surface area contributed by atoms with Crippen molar-refractivity contribution in [3.05, 3.63) is 60.2 Å². The quantitative estimate of drug-likeness (QED) is 0.709. The van der Waals surface area contributed by atoms with Crippen molar-refractivity contribution in [1.82, 2.24) is 4.57 Å². The van der Waals surface area contributed by atoms with E-state index in [-0.39, 0.29) is 0 Å². The molecule has 1 aliphatic rings. The molecule has 1 heterocycles. The molecule has 0 radical (unpaired) electrons. The zero-order valence-electron chi connectivity index (χ0n) is 10.1. The lowest BCUT2D eigenvalue weighted by Crippen LogP contribution is -2.23. The van der Waals surface area contributed by atoms with Crippen LogP contribution in [-0.2, 0) is 20.0 Å². The highest BCUT2D eigenvalue weighted by Crippen LogP contribution is 2.29. The van der Waals surface area contributed by atoms with E-state index in [1.807, 2.05) is 0 Å². The number of nitrogens with zero attached hydrogens (tertiary/aromatic N) is 2. The topological polar surface area (TPSA) is 8.81 Å². The molecule has 17 heavy (non-hydrogen) atoms. The van der Waals surface area contributed by atoms with Crippen LogP contribution in [-0.4, -0.2) is 4.57 Å². The van der Waals surface area contributed by atoms with E-state index in [4.69, 9.17) is 0 Å². The number of hydrogen-bond acceptors (Lipinski definition) is 0. The number of imidazole rings is 1. The van der Waals surface area contributed by atoms with Crippen molar-refractivity contribution in [1.29, 1.82) is 0 Å². The van der Waals surface area contributed by atoms with Crippen molar-refractivity contribution in [2.24, 2.45) is 7.05 Å². The Labute approximate surface area is 102 Å². The second-order valence-corrected chi connectivity index (χ2v) is 4.66. The number of aromatic nitrogens is 2. The van der Waals surface area contributed by atoms with Crippen LogP contribution < -0.4 is 4.57 Å². The van der Waals surface area contributed by atoms with E-state index in [9.17, 15) is 0 Å². The van der Waals surface area contributed by atoms with Crippen LogP contribution in [0.4, 0.5) is 0 Å². The summed E-state index contributed by atoms with van der Waals surface area (Å²) in [6.07, 6.45) is 10.9. The van der Waals surface area contributed by atoms with Gasteiger partial charge in [-0.25, -0.2) is 9.13 Å². The van der Waals surface area contributed by atoms with Crippen LogP contribution in [0.1, 0.15) is 17.5 Å². The third-order valence-electron chi connectivity index (χ3n) is 3.39. The molecule has 0 fully saturated rings. The Bertz CT molecular complexity index is 564. The minimum atomic E-state index is 1.06. The zero-order chi connectivity index (χ0) is 11.7. The summed E-state index contributed by atoms with van der Waals surface area (Å²) < 4.78 is 4.32. The van der Waals surface area contributed by atoms with Gasteiger partial charge in [-0.3, -0.25) is 0 Å². The number of benzene rings is 1. The molecule has 0 aliphatic heterocycles. The molecule has 3 rings (SSSR count). The number of rotatable bonds is 3. The second-order valence-electron chi connectivity index (χ2n) is 4.66. The van der Waals surface area contributed by atoms with Gasteiger partial charge in [-0.15, -0.1) is 0 Å². The fraction of sp³-hybridized carbons (Fsp3) is 0.267. The van der Waals surface area contributed by atoms with Crippen LogP contribution in [0.5, 0.6) is 0 Å². The molecule has 2 nitrogen and oxygen atoms in total. The molecule has 0 N–H and O–H groups in total. The molecular weight excluding hydrogens is 208 g/mol. The number of fused-ring (bicyclic) bond motifs is 1. The Kier molecular flexibility index (Phi) is 2.56. The zero-order valence-corrected chi connectivity index (χ0v) is 10.1.